The van der Waals surface area contributed by atoms with Gasteiger partial charge in [0.2, 0.25) is 0 Å². The fourth-order valence-corrected chi connectivity index (χ4v) is 7.97. The van der Waals surface area contributed by atoms with E-state index in [0.717, 1.165) is 0 Å². The van der Waals surface area contributed by atoms with Crippen LogP contribution in [0.2, 0.25) is 0 Å². The summed E-state index contributed by atoms with van der Waals surface area (Å²) in [7, 11) is 0. The Hall–Kier alpha value is -6.50. The molecule has 10 rings (SSSR count). The molecule has 0 saturated carbocycles. The minimum Gasteiger partial charge on any atom is -0.0616 e. The molecule has 0 amide bonds. The van der Waals surface area contributed by atoms with Crippen LogP contribution in [0.25, 0.3) is 98.4 Å². The van der Waals surface area contributed by atoms with Gasteiger partial charge < -0.3 is 0 Å². The summed E-state index contributed by atoms with van der Waals surface area (Å²) in [6.45, 7) is 0. The molecule has 0 atom stereocenters. The van der Waals surface area contributed by atoms with Crippen LogP contribution < -0.4 is 0 Å². The Balaban J connectivity index is 1.23. The number of hydrogen-bond donors (Lipinski definition) is 0. The lowest BCUT2D eigenvalue weighted by Gasteiger charge is -2.20. The highest BCUT2D eigenvalue weighted by molar-refractivity contribution is 6.24. The SMILES string of the molecule is c1ccc2cc(-c3ccc(-c4c5ccccc5c(-c5cccc6ccccc56)c5cc(-c6ccc7ccccc7c6)ccc45)cc3)ccc2c1. The first kappa shape index (κ1) is 28.5. The maximum atomic E-state index is 2.43. The van der Waals surface area contributed by atoms with Crippen LogP contribution in [0.1, 0.15) is 0 Å². The Morgan fingerprint density at radius 1 is 0.200 bits per heavy atom. The number of rotatable bonds is 4. The van der Waals surface area contributed by atoms with E-state index in [4.69, 9.17) is 0 Å². The average Bonchev–Trinajstić information content (AvgIpc) is 3.19. The molecule has 0 radical (unpaired) electrons. The van der Waals surface area contributed by atoms with Crippen LogP contribution in [0.5, 0.6) is 0 Å². The predicted molar refractivity (Wildman–Crippen MR) is 216 cm³/mol. The van der Waals surface area contributed by atoms with Gasteiger partial charge in [0.05, 0.1) is 0 Å². The second kappa shape index (κ2) is 11.6. The zero-order chi connectivity index (χ0) is 33.0. The van der Waals surface area contributed by atoms with E-state index < -0.39 is 0 Å². The zero-order valence-electron chi connectivity index (χ0n) is 27.5. The van der Waals surface area contributed by atoms with E-state index in [1.807, 2.05) is 0 Å². The van der Waals surface area contributed by atoms with Crippen LogP contribution in [0.4, 0.5) is 0 Å². The van der Waals surface area contributed by atoms with Crippen LogP contribution in [0.15, 0.2) is 194 Å². The summed E-state index contributed by atoms with van der Waals surface area (Å²) in [5, 5.41) is 12.6. The fourth-order valence-electron chi connectivity index (χ4n) is 7.97. The molecule has 0 bridgehead atoms. The summed E-state index contributed by atoms with van der Waals surface area (Å²) >= 11 is 0. The molecule has 0 heteroatoms. The number of hydrogen-bond acceptors (Lipinski definition) is 0. The summed E-state index contributed by atoms with van der Waals surface area (Å²) in [5.41, 5.74) is 9.94. The molecular formula is C50H32. The summed E-state index contributed by atoms with van der Waals surface area (Å²) in [4.78, 5) is 0. The lowest BCUT2D eigenvalue weighted by Crippen LogP contribution is -1.92. The van der Waals surface area contributed by atoms with Gasteiger partial charge in [-0.3, -0.25) is 0 Å². The molecule has 0 unspecified atom stereocenters. The maximum Gasteiger partial charge on any atom is -0.00199 e. The third-order valence-corrected chi connectivity index (χ3v) is 10.4. The third kappa shape index (κ3) is 4.69. The van der Waals surface area contributed by atoms with Gasteiger partial charge in [-0.15, -0.1) is 0 Å². The molecule has 232 valence electrons. The lowest BCUT2D eigenvalue weighted by atomic mass is 9.83. The highest BCUT2D eigenvalue weighted by atomic mass is 14.2. The van der Waals surface area contributed by atoms with E-state index >= 15 is 0 Å². The molecule has 0 N–H and O–H groups in total. The van der Waals surface area contributed by atoms with E-state index in [1.54, 1.807) is 0 Å². The number of benzene rings is 10. The van der Waals surface area contributed by atoms with Crippen LogP contribution in [-0.2, 0) is 0 Å². The highest BCUT2D eigenvalue weighted by Gasteiger charge is 2.19. The molecular weight excluding hydrogens is 601 g/mol. The third-order valence-electron chi connectivity index (χ3n) is 10.4. The van der Waals surface area contributed by atoms with Crippen molar-refractivity contribution in [2.45, 2.75) is 0 Å². The Morgan fingerprint density at radius 3 is 1.32 bits per heavy atom. The van der Waals surface area contributed by atoms with Gasteiger partial charge in [-0.05, 0) is 117 Å². The molecule has 10 aromatic carbocycles. The van der Waals surface area contributed by atoms with Crippen LogP contribution in [-0.4, -0.2) is 0 Å². The minimum absolute atomic E-state index is 1.22. The molecule has 50 heavy (non-hydrogen) atoms. The smallest absolute Gasteiger partial charge is 0.00199 e. The van der Waals surface area contributed by atoms with Crippen molar-refractivity contribution >= 4 is 53.9 Å². The van der Waals surface area contributed by atoms with Gasteiger partial charge in [-0.1, -0.05) is 176 Å². The summed E-state index contributed by atoms with van der Waals surface area (Å²) in [5.74, 6) is 0. The summed E-state index contributed by atoms with van der Waals surface area (Å²) < 4.78 is 0. The Labute approximate surface area is 291 Å². The minimum atomic E-state index is 1.22. The molecule has 0 aromatic heterocycles. The van der Waals surface area contributed by atoms with Crippen molar-refractivity contribution in [1.82, 2.24) is 0 Å². The zero-order valence-corrected chi connectivity index (χ0v) is 27.5. The maximum absolute atomic E-state index is 2.43. The Morgan fingerprint density at radius 2 is 0.640 bits per heavy atom. The normalized spacial score (nSPS) is 11.6. The molecule has 0 nitrogen and oxygen atoms in total. The lowest BCUT2D eigenvalue weighted by molar-refractivity contribution is 1.62. The molecule has 0 aliphatic carbocycles. The largest absolute Gasteiger partial charge is 0.0616 e. The van der Waals surface area contributed by atoms with Crippen molar-refractivity contribution in [3.8, 4) is 44.5 Å². The van der Waals surface area contributed by atoms with Gasteiger partial charge in [-0.2, -0.15) is 0 Å². The first-order valence-corrected chi connectivity index (χ1v) is 17.3. The first-order valence-electron chi connectivity index (χ1n) is 17.3. The fraction of sp³-hybridized carbons (Fsp3) is 0. The van der Waals surface area contributed by atoms with Crippen molar-refractivity contribution < 1.29 is 0 Å². The standard InChI is InChI=1S/C50H32/c1-3-13-38-30-40(26-22-33(38)10-1)35-20-24-37(25-21-35)49-45-17-7-8-18-46(45)50(44-19-9-15-36-12-5-6-16-43(36)44)48-32-42(28-29-47(48)49)41-27-23-34-11-2-4-14-39(34)31-41/h1-32H. The van der Waals surface area contributed by atoms with Gasteiger partial charge in [0, 0.05) is 0 Å². The second-order valence-electron chi connectivity index (χ2n) is 13.3. The summed E-state index contributed by atoms with van der Waals surface area (Å²) in [6, 6.07) is 71.5. The molecule has 0 saturated heterocycles. The van der Waals surface area contributed by atoms with E-state index in [0.29, 0.717) is 0 Å². The van der Waals surface area contributed by atoms with Crippen molar-refractivity contribution in [2.24, 2.45) is 0 Å². The van der Waals surface area contributed by atoms with E-state index in [2.05, 4.69) is 194 Å². The van der Waals surface area contributed by atoms with E-state index in [1.165, 1.54) is 98.4 Å². The Bertz CT molecular complexity index is 2900. The molecule has 10 aromatic rings. The van der Waals surface area contributed by atoms with Crippen molar-refractivity contribution in [3.05, 3.63) is 194 Å². The molecule has 0 aliphatic rings. The average molecular weight is 633 g/mol. The van der Waals surface area contributed by atoms with Gasteiger partial charge in [-0.25, -0.2) is 0 Å². The highest BCUT2D eigenvalue weighted by Crippen LogP contribution is 2.46. The molecule has 0 aliphatic heterocycles. The van der Waals surface area contributed by atoms with Crippen LogP contribution in [0.3, 0.4) is 0 Å². The van der Waals surface area contributed by atoms with Gasteiger partial charge in [0.25, 0.3) is 0 Å². The van der Waals surface area contributed by atoms with E-state index in [-0.39, 0.29) is 0 Å². The second-order valence-corrected chi connectivity index (χ2v) is 13.3. The van der Waals surface area contributed by atoms with E-state index in [9.17, 15) is 0 Å². The van der Waals surface area contributed by atoms with Crippen LogP contribution in [0, 0.1) is 0 Å². The van der Waals surface area contributed by atoms with Crippen LogP contribution >= 0.6 is 0 Å². The predicted octanol–water partition coefficient (Wildman–Crippen LogP) is 14.1. The molecule has 0 heterocycles. The topological polar surface area (TPSA) is 0 Å². The van der Waals surface area contributed by atoms with Gasteiger partial charge in [0.1, 0.15) is 0 Å². The quantitative estimate of drug-likeness (QED) is 0.169. The van der Waals surface area contributed by atoms with Gasteiger partial charge >= 0.3 is 0 Å². The molecule has 0 spiro atoms. The van der Waals surface area contributed by atoms with Crippen molar-refractivity contribution in [3.63, 3.8) is 0 Å². The van der Waals surface area contributed by atoms with Crippen molar-refractivity contribution in [1.29, 1.82) is 0 Å². The molecule has 0 fully saturated rings. The first-order chi connectivity index (χ1) is 24.8. The van der Waals surface area contributed by atoms with Crippen molar-refractivity contribution in [2.75, 3.05) is 0 Å². The Kier molecular flexibility index (Phi) is 6.60. The van der Waals surface area contributed by atoms with Gasteiger partial charge in [0.15, 0.2) is 0 Å². The summed E-state index contributed by atoms with van der Waals surface area (Å²) in [6.07, 6.45) is 0. The number of fused-ring (bicyclic) bond motifs is 5. The monoisotopic (exact) mass is 632 g/mol.